The Labute approximate surface area is 142 Å². The highest BCUT2D eigenvalue weighted by atomic mass is 79.9. The molecule has 21 heavy (non-hydrogen) atoms. The molecule has 4 nitrogen and oxygen atoms in total. The lowest BCUT2D eigenvalue weighted by molar-refractivity contribution is -0.386. The Kier molecular flexibility index (Phi) is 5.80. The van der Waals surface area contributed by atoms with Gasteiger partial charge in [0.1, 0.15) is 0 Å². The zero-order valence-electron chi connectivity index (χ0n) is 11.5. The molecule has 116 valence electrons. The van der Waals surface area contributed by atoms with E-state index in [9.17, 15) is 10.1 Å². The van der Waals surface area contributed by atoms with Crippen LogP contribution < -0.4 is 4.74 Å². The quantitative estimate of drug-likeness (QED) is 0.420. The fraction of sp³-hybridized carbons (Fsp3) is 0.571. The number of nitro groups is 1. The lowest BCUT2D eigenvalue weighted by atomic mass is 9.76. The van der Waals surface area contributed by atoms with E-state index in [1.165, 1.54) is 12.5 Å². The normalized spacial score (nSPS) is 17.5. The summed E-state index contributed by atoms with van der Waals surface area (Å²) in [5, 5.41) is 11.5. The van der Waals surface area contributed by atoms with E-state index in [0.29, 0.717) is 16.1 Å². The summed E-state index contributed by atoms with van der Waals surface area (Å²) in [5.41, 5.74) is -0.103. The van der Waals surface area contributed by atoms with Crippen LogP contribution in [0.4, 0.5) is 5.69 Å². The van der Waals surface area contributed by atoms with E-state index in [0.717, 1.165) is 31.4 Å². The van der Waals surface area contributed by atoms with Crippen LogP contribution in [0.25, 0.3) is 0 Å². The van der Waals surface area contributed by atoms with Gasteiger partial charge >= 0.3 is 5.69 Å². The Hall–Kier alpha value is -0.460. The fourth-order valence-electron chi connectivity index (χ4n) is 2.70. The van der Waals surface area contributed by atoms with Crippen molar-refractivity contribution in [3.8, 4) is 5.75 Å². The van der Waals surface area contributed by atoms with Gasteiger partial charge in [-0.25, -0.2) is 0 Å². The number of nitrogens with zero attached hydrogens (tertiary/aromatic N) is 1. The SMILES string of the molecule is O=[N+]([O-])c1cc(Cl)cc(Br)c1OCC1(CS)CCCCC1. The summed E-state index contributed by atoms with van der Waals surface area (Å²) < 4.78 is 6.33. The van der Waals surface area contributed by atoms with Crippen LogP contribution in [0.2, 0.25) is 5.02 Å². The molecule has 0 heterocycles. The molecule has 7 heteroatoms. The summed E-state index contributed by atoms with van der Waals surface area (Å²) in [6.45, 7) is 0.442. The van der Waals surface area contributed by atoms with E-state index in [4.69, 9.17) is 16.3 Å². The first-order valence-electron chi connectivity index (χ1n) is 6.84. The van der Waals surface area contributed by atoms with Gasteiger partial charge in [-0.05, 0) is 40.6 Å². The average Bonchev–Trinajstić information content (AvgIpc) is 2.46. The van der Waals surface area contributed by atoms with Crippen molar-refractivity contribution in [1.82, 2.24) is 0 Å². The molecule has 0 aromatic heterocycles. The molecule has 0 spiro atoms. The Bertz CT molecular complexity index is 535. The molecule has 1 saturated carbocycles. The molecule has 0 unspecified atom stereocenters. The fourth-order valence-corrected chi connectivity index (χ4v) is 4.02. The first-order valence-corrected chi connectivity index (χ1v) is 8.65. The first kappa shape index (κ1) is 16.9. The molecule has 0 amide bonds. The largest absolute Gasteiger partial charge is 0.485 e. The maximum absolute atomic E-state index is 11.2. The third-order valence-electron chi connectivity index (χ3n) is 3.96. The molecule has 2 rings (SSSR count). The third kappa shape index (κ3) is 4.05. The minimum atomic E-state index is -0.472. The molecule has 1 aliphatic rings. The standard InChI is InChI=1S/C14H17BrClNO3S/c15-11-6-10(16)7-12(17(18)19)13(11)20-8-14(9-21)4-2-1-3-5-14/h6-7,21H,1-5,8-9H2. The van der Waals surface area contributed by atoms with E-state index >= 15 is 0 Å². The molecule has 0 N–H and O–H groups in total. The zero-order chi connectivity index (χ0) is 15.5. The summed E-state index contributed by atoms with van der Waals surface area (Å²) in [7, 11) is 0. The molecule has 0 saturated heterocycles. The van der Waals surface area contributed by atoms with Crippen molar-refractivity contribution in [3.63, 3.8) is 0 Å². The Balaban J connectivity index is 2.21. The van der Waals surface area contributed by atoms with Crippen LogP contribution in [-0.4, -0.2) is 17.3 Å². The predicted molar refractivity (Wildman–Crippen MR) is 90.7 cm³/mol. The van der Waals surface area contributed by atoms with Gasteiger partial charge in [-0.3, -0.25) is 10.1 Å². The molecule has 0 aliphatic heterocycles. The molecular weight excluding hydrogens is 378 g/mol. The van der Waals surface area contributed by atoms with Crippen LogP contribution in [0.15, 0.2) is 16.6 Å². The smallest absolute Gasteiger partial charge is 0.313 e. The van der Waals surface area contributed by atoms with Gasteiger partial charge in [0.25, 0.3) is 0 Å². The molecule has 1 aromatic carbocycles. The number of rotatable bonds is 5. The van der Waals surface area contributed by atoms with Crippen LogP contribution in [-0.2, 0) is 0 Å². The van der Waals surface area contributed by atoms with Crippen molar-refractivity contribution >= 4 is 45.8 Å². The van der Waals surface area contributed by atoms with E-state index in [1.807, 2.05) is 0 Å². The van der Waals surface area contributed by atoms with Crippen LogP contribution in [0, 0.1) is 15.5 Å². The number of halogens is 2. The van der Waals surface area contributed by atoms with Gasteiger partial charge in [0.15, 0.2) is 0 Å². The highest BCUT2D eigenvalue weighted by molar-refractivity contribution is 9.10. The lowest BCUT2D eigenvalue weighted by Gasteiger charge is -2.35. The van der Waals surface area contributed by atoms with Gasteiger partial charge < -0.3 is 4.74 Å². The third-order valence-corrected chi connectivity index (χ3v) is 5.44. The molecule has 1 fully saturated rings. The highest BCUT2D eigenvalue weighted by Gasteiger charge is 2.33. The second-order valence-corrected chi connectivity index (χ2v) is 7.11. The van der Waals surface area contributed by atoms with Gasteiger partial charge in [0.05, 0.1) is 16.0 Å². The van der Waals surface area contributed by atoms with Crippen LogP contribution >= 0.6 is 40.2 Å². The van der Waals surface area contributed by atoms with Gasteiger partial charge in [-0.15, -0.1) is 0 Å². The molecule has 0 radical (unpaired) electrons. The Morgan fingerprint density at radius 3 is 2.62 bits per heavy atom. The van der Waals surface area contributed by atoms with Gasteiger partial charge in [-0.2, -0.15) is 12.6 Å². The van der Waals surface area contributed by atoms with Crippen molar-refractivity contribution in [1.29, 1.82) is 0 Å². The first-order chi connectivity index (χ1) is 9.97. The second-order valence-electron chi connectivity index (χ2n) is 5.50. The number of nitro benzene ring substituents is 1. The summed E-state index contributed by atoms with van der Waals surface area (Å²) in [4.78, 5) is 10.7. The van der Waals surface area contributed by atoms with Crippen molar-refractivity contribution in [3.05, 3.63) is 31.7 Å². The van der Waals surface area contributed by atoms with Crippen molar-refractivity contribution in [2.45, 2.75) is 32.1 Å². The number of hydrogen-bond acceptors (Lipinski definition) is 4. The summed E-state index contributed by atoms with van der Waals surface area (Å²) in [6, 6.07) is 2.92. The molecule has 1 aliphatic carbocycles. The summed E-state index contributed by atoms with van der Waals surface area (Å²) in [5.74, 6) is 0.975. The highest BCUT2D eigenvalue weighted by Crippen LogP contribution is 2.42. The second kappa shape index (κ2) is 7.20. The summed E-state index contributed by atoms with van der Waals surface area (Å²) in [6.07, 6.45) is 5.66. The maximum atomic E-state index is 11.2. The lowest BCUT2D eigenvalue weighted by Crippen LogP contribution is -2.33. The van der Waals surface area contributed by atoms with Crippen molar-refractivity contribution < 1.29 is 9.66 Å². The summed E-state index contributed by atoms with van der Waals surface area (Å²) >= 11 is 13.6. The van der Waals surface area contributed by atoms with Crippen LogP contribution in [0.1, 0.15) is 32.1 Å². The Morgan fingerprint density at radius 2 is 2.05 bits per heavy atom. The molecule has 1 aromatic rings. The number of ether oxygens (including phenoxy) is 1. The number of hydrogen-bond donors (Lipinski definition) is 1. The predicted octanol–water partition coefficient (Wildman–Crippen LogP) is 5.27. The van der Waals surface area contributed by atoms with Crippen LogP contribution in [0.5, 0.6) is 5.75 Å². The van der Waals surface area contributed by atoms with Crippen molar-refractivity contribution in [2.24, 2.45) is 5.41 Å². The molecular formula is C14H17BrClNO3S. The monoisotopic (exact) mass is 393 g/mol. The minimum absolute atomic E-state index is 0.00824. The molecule has 0 bridgehead atoms. The van der Waals surface area contributed by atoms with Gasteiger partial charge in [-0.1, -0.05) is 30.9 Å². The van der Waals surface area contributed by atoms with E-state index in [2.05, 4.69) is 28.6 Å². The minimum Gasteiger partial charge on any atom is -0.485 e. The van der Waals surface area contributed by atoms with Gasteiger partial charge in [0, 0.05) is 16.5 Å². The van der Waals surface area contributed by atoms with Crippen molar-refractivity contribution in [2.75, 3.05) is 12.4 Å². The van der Waals surface area contributed by atoms with E-state index in [1.54, 1.807) is 6.07 Å². The van der Waals surface area contributed by atoms with Crippen LogP contribution in [0.3, 0.4) is 0 Å². The zero-order valence-corrected chi connectivity index (χ0v) is 14.7. The molecule has 0 atom stereocenters. The number of thiol groups is 1. The van der Waals surface area contributed by atoms with E-state index < -0.39 is 4.92 Å². The number of benzene rings is 1. The average molecular weight is 395 g/mol. The maximum Gasteiger partial charge on any atom is 0.313 e. The van der Waals surface area contributed by atoms with Gasteiger partial charge in [0.2, 0.25) is 5.75 Å². The van der Waals surface area contributed by atoms with E-state index in [-0.39, 0.29) is 16.9 Å². The Morgan fingerprint density at radius 1 is 1.38 bits per heavy atom. The topological polar surface area (TPSA) is 52.4 Å².